The van der Waals surface area contributed by atoms with Crippen LogP contribution < -0.4 is 10.0 Å². The Hall–Kier alpha value is -0.430. The Labute approximate surface area is 127 Å². The zero-order valence-electron chi connectivity index (χ0n) is 12.8. The summed E-state index contributed by atoms with van der Waals surface area (Å²) < 4.78 is 27.1. The van der Waals surface area contributed by atoms with Gasteiger partial charge in [-0.3, -0.25) is 0 Å². The third-order valence-electron chi connectivity index (χ3n) is 3.06. The van der Waals surface area contributed by atoms with Crippen molar-refractivity contribution in [3.63, 3.8) is 0 Å². The van der Waals surface area contributed by atoms with E-state index in [0.29, 0.717) is 6.54 Å². The summed E-state index contributed by atoms with van der Waals surface area (Å²) in [6, 6.07) is 4.06. The van der Waals surface area contributed by atoms with Crippen LogP contribution in [0.1, 0.15) is 36.9 Å². The Kier molecular flexibility index (Phi) is 7.15. The van der Waals surface area contributed by atoms with E-state index in [1.807, 2.05) is 6.92 Å². The van der Waals surface area contributed by atoms with E-state index in [0.717, 1.165) is 19.4 Å². The molecule has 0 aliphatic heterocycles. The largest absolute Gasteiger partial charge is 0.315 e. The maximum atomic E-state index is 12.2. The van der Waals surface area contributed by atoms with Gasteiger partial charge in [-0.15, -0.1) is 11.3 Å². The third kappa shape index (κ3) is 5.91. The van der Waals surface area contributed by atoms with Crippen LogP contribution in [0.5, 0.6) is 0 Å². The lowest BCUT2D eigenvalue weighted by Gasteiger charge is -2.18. The summed E-state index contributed by atoms with van der Waals surface area (Å²) in [6.07, 6.45) is 1.75. The van der Waals surface area contributed by atoms with E-state index in [2.05, 4.69) is 36.0 Å². The van der Waals surface area contributed by atoms with Gasteiger partial charge in [-0.2, -0.15) is 0 Å². The second-order valence-corrected chi connectivity index (χ2v) is 8.80. The first-order valence-electron chi connectivity index (χ1n) is 7.12. The minimum absolute atomic E-state index is 0.0772. The summed E-state index contributed by atoms with van der Waals surface area (Å²) in [7, 11) is -3.26. The lowest BCUT2D eigenvalue weighted by atomic mass is 10.2. The highest BCUT2D eigenvalue weighted by atomic mass is 32.2. The molecule has 0 spiro atoms. The molecule has 116 valence electrons. The molecule has 20 heavy (non-hydrogen) atoms. The molecule has 1 rings (SSSR count). The highest BCUT2D eigenvalue weighted by Crippen LogP contribution is 2.17. The Bertz CT molecular complexity index is 497. The van der Waals surface area contributed by atoms with Crippen LogP contribution >= 0.6 is 11.3 Å². The van der Waals surface area contributed by atoms with E-state index in [1.165, 1.54) is 9.75 Å². The van der Waals surface area contributed by atoms with Crippen molar-refractivity contribution >= 4 is 21.4 Å². The number of hydrogen-bond acceptors (Lipinski definition) is 4. The van der Waals surface area contributed by atoms with Crippen LogP contribution in [-0.4, -0.2) is 32.8 Å². The van der Waals surface area contributed by atoms with E-state index in [9.17, 15) is 8.42 Å². The summed E-state index contributed by atoms with van der Waals surface area (Å²) in [4.78, 5) is 2.47. The van der Waals surface area contributed by atoms with Crippen molar-refractivity contribution in [2.75, 3.05) is 13.1 Å². The van der Waals surface area contributed by atoms with Crippen LogP contribution in [0.2, 0.25) is 0 Å². The van der Waals surface area contributed by atoms with Crippen molar-refractivity contribution in [1.29, 1.82) is 0 Å². The summed E-state index contributed by atoms with van der Waals surface area (Å²) in [6.45, 7) is 9.13. The number of hydrogen-bond donors (Lipinski definition) is 2. The molecule has 0 aliphatic carbocycles. The molecule has 1 heterocycles. The van der Waals surface area contributed by atoms with E-state index in [-0.39, 0.29) is 6.04 Å². The molecule has 1 aromatic rings. The summed E-state index contributed by atoms with van der Waals surface area (Å²) in [5.41, 5.74) is 0. The molecule has 2 unspecified atom stereocenters. The van der Waals surface area contributed by atoms with Crippen molar-refractivity contribution in [1.82, 2.24) is 10.0 Å². The first-order chi connectivity index (χ1) is 9.35. The van der Waals surface area contributed by atoms with E-state index < -0.39 is 15.3 Å². The molecule has 6 heteroatoms. The van der Waals surface area contributed by atoms with Crippen molar-refractivity contribution in [3.05, 3.63) is 21.9 Å². The molecule has 2 N–H and O–H groups in total. The van der Waals surface area contributed by atoms with Crippen LogP contribution in [0, 0.1) is 6.92 Å². The van der Waals surface area contributed by atoms with E-state index in [1.54, 1.807) is 18.3 Å². The van der Waals surface area contributed by atoms with Gasteiger partial charge in [0.2, 0.25) is 10.0 Å². The van der Waals surface area contributed by atoms with Gasteiger partial charge >= 0.3 is 0 Å². The molecule has 0 radical (unpaired) electrons. The number of rotatable bonds is 9. The Morgan fingerprint density at radius 1 is 1.30 bits per heavy atom. The Balaban J connectivity index is 2.48. The van der Waals surface area contributed by atoms with Gasteiger partial charge in [-0.1, -0.05) is 6.92 Å². The lowest BCUT2D eigenvalue weighted by Crippen LogP contribution is -2.43. The highest BCUT2D eigenvalue weighted by molar-refractivity contribution is 7.90. The first-order valence-corrected chi connectivity index (χ1v) is 9.48. The second kappa shape index (κ2) is 8.12. The summed E-state index contributed by atoms with van der Waals surface area (Å²) in [5.74, 6) is 0. The second-order valence-electron chi connectivity index (χ2n) is 5.30. The van der Waals surface area contributed by atoms with Crippen LogP contribution in [0.3, 0.4) is 0 Å². The van der Waals surface area contributed by atoms with Crippen molar-refractivity contribution < 1.29 is 8.42 Å². The molecule has 0 bridgehead atoms. The summed E-state index contributed by atoms with van der Waals surface area (Å²) >= 11 is 1.72. The third-order valence-corrected chi connectivity index (χ3v) is 6.04. The lowest BCUT2D eigenvalue weighted by molar-refractivity contribution is 0.540. The number of sulfonamides is 1. The van der Waals surface area contributed by atoms with Crippen LogP contribution in [-0.2, 0) is 16.4 Å². The average molecular weight is 319 g/mol. The zero-order chi connectivity index (χ0) is 15.2. The van der Waals surface area contributed by atoms with Gasteiger partial charge in [-0.25, -0.2) is 13.1 Å². The van der Waals surface area contributed by atoms with Crippen molar-refractivity contribution in [2.45, 2.75) is 51.8 Å². The molecule has 4 nitrogen and oxygen atoms in total. The van der Waals surface area contributed by atoms with E-state index >= 15 is 0 Å². The monoisotopic (exact) mass is 318 g/mol. The van der Waals surface area contributed by atoms with Gasteiger partial charge in [0, 0.05) is 22.3 Å². The number of nitrogens with one attached hydrogen (secondary N) is 2. The highest BCUT2D eigenvalue weighted by Gasteiger charge is 2.22. The predicted molar refractivity (Wildman–Crippen MR) is 86.9 cm³/mol. The topological polar surface area (TPSA) is 58.2 Å². The fourth-order valence-corrected chi connectivity index (χ4v) is 4.16. The molecule has 0 saturated carbocycles. The molecule has 0 fully saturated rings. The molecule has 0 aliphatic rings. The predicted octanol–water partition coefficient (Wildman–Crippen LogP) is 2.30. The maximum absolute atomic E-state index is 12.2. The molecular weight excluding hydrogens is 292 g/mol. The van der Waals surface area contributed by atoms with Crippen molar-refractivity contribution in [2.24, 2.45) is 0 Å². The van der Waals surface area contributed by atoms with Crippen LogP contribution in [0.4, 0.5) is 0 Å². The summed E-state index contributed by atoms with van der Waals surface area (Å²) in [5, 5.41) is 2.73. The SMILES string of the molecule is CCCNCC(C)S(=O)(=O)NC(C)Cc1ccc(C)s1. The van der Waals surface area contributed by atoms with Gasteiger partial charge in [0.05, 0.1) is 5.25 Å². The first kappa shape index (κ1) is 17.6. The Morgan fingerprint density at radius 2 is 2.00 bits per heavy atom. The fourth-order valence-electron chi connectivity index (χ4n) is 1.93. The van der Waals surface area contributed by atoms with Gasteiger partial charge in [-0.05, 0) is 52.3 Å². The number of thiophene rings is 1. The normalized spacial score (nSPS) is 15.2. The smallest absolute Gasteiger partial charge is 0.215 e. The van der Waals surface area contributed by atoms with Crippen LogP contribution in [0.25, 0.3) is 0 Å². The molecular formula is C14H26N2O2S2. The fraction of sp³-hybridized carbons (Fsp3) is 0.714. The molecule has 1 aromatic heterocycles. The molecule has 0 saturated heterocycles. The van der Waals surface area contributed by atoms with E-state index in [4.69, 9.17) is 0 Å². The number of aryl methyl sites for hydroxylation is 1. The molecule has 0 aromatic carbocycles. The zero-order valence-corrected chi connectivity index (χ0v) is 14.4. The standard InChI is InChI=1S/C14H26N2O2S2/c1-5-8-15-10-13(4)20(17,18)16-11(2)9-14-7-6-12(3)19-14/h6-7,11,13,15-16H,5,8-10H2,1-4H3. The quantitative estimate of drug-likeness (QED) is 0.687. The minimum atomic E-state index is -3.26. The van der Waals surface area contributed by atoms with Gasteiger partial charge in [0.25, 0.3) is 0 Å². The van der Waals surface area contributed by atoms with Crippen molar-refractivity contribution in [3.8, 4) is 0 Å². The average Bonchev–Trinajstić information content (AvgIpc) is 2.73. The van der Waals surface area contributed by atoms with Gasteiger partial charge < -0.3 is 5.32 Å². The van der Waals surface area contributed by atoms with Gasteiger partial charge in [0.1, 0.15) is 0 Å². The molecule has 2 atom stereocenters. The Morgan fingerprint density at radius 3 is 2.55 bits per heavy atom. The molecule has 0 amide bonds. The maximum Gasteiger partial charge on any atom is 0.215 e. The minimum Gasteiger partial charge on any atom is -0.315 e. The van der Waals surface area contributed by atoms with Crippen LogP contribution in [0.15, 0.2) is 12.1 Å². The van der Waals surface area contributed by atoms with Gasteiger partial charge in [0.15, 0.2) is 0 Å².